The summed E-state index contributed by atoms with van der Waals surface area (Å²) >= 11 is 0. The van der Waals surface area contributed by atoms with Crippen LogP contribution in [0, 0.1) is 11.8 Å². The predicted molar refractivity (Wildman–Crippen MR) is 86.3 cm³/mol. The minimum absolute atomic E-state index is 0.209. The van der Waals surface area contributed by atoms with Gasteiger partial charge in [-0.05, 0) is 28.9 Å². The predicted octanol–water partition coefficient (Wildman–Crippen LogP) is 5.11. The molecule has 0 amide bonds. The van der Waals surface area contributed by atoms with E-state index in [1.165, 1.54) is 11.1 Å². The Morgan fingerprint density at radius 3 is 2.11 bits per heavy atom. The first-order chi connectivity index (χ1) is 8.86. The van der Waals surface area contributed by atoms with Gasteiger partial charge in [-0.3, -0.25) is 0 Å². The topological polar surface area (TPSA) is 20.2 Å². The van der Waals surface area contributed by atoms with Crippen LogP contribution in [0.1, 0.15) is 58.6 Å². The summed E-state index contributed by atoms with van der Waals surface area (Å²) in [6.45, 7) is 13.1. The lowest BCUT2D eigenvalue weighted by atomic mass is 10.0. The fourth-order valence-corrected chi connectivity index (χ4v) is 1.36. The van der Waals surface area contributed by atoms with Crippen LogP contribution in [0.3, 0.4) is 0 Å². The standard InChI is InChI=1S/C14H20O.C4H10/c1-11(2)14-6-4-5-13(9-14)8-7-12(3)10-15;1-4(2)3/h4-9,11-12,15H,10H2,1-3H3;4H,1-3H3/b8-7+;/t12-;/m1./s1. The van der Waals surface area contributed by atoms with Crippen LogP contribution in [0.2, 0.25) is 0 Å². The molecule has 0 bridgehead atoms. The van der Waals surface area contributed by atoms with E-state index in [1.54, 1.807) is 0 Å². The minimum Gasteiger partial charge on any atom is -0.396 e. The molecule has 1 N–H and O–H groups in total. The van der Waals surface area contributed by atoms with Crippen molar-refractivity contribution in [1.29, 1.82) is 0 Å². The first-order valence-corrected chi connectivity index (χ1v) is 7.25. The van der Waals surface area contributed by atoms with Crippen LogP contribution in [0.25, 0.3) is 6.08 Å². The maximum Gasteiger partial charge on any atom is 0.0491 e. The Morgan fingerprint density at radius 2 is 1.63 bits per heavy atom. The van der Waals surface area contributed by atoms with Crippen molar-refractivity contribution in [3.63, 3.8) is 0 Å². The highest BCUT2D eigenvalue weighted by Gasteiger charge is 1.98. The molecule has 0 saturated carbocycles. The first-order valence-electron chi connectivity index (χ1n) is 7.25. The summed E-state index contributed by atoms with van der Waals surface area (Å²) in [7, 11) is 0. The summed E-state index contributed by atoms with van der Waals surface area (Å²) in [4.78, 5) is 0. The van der Waals surface area contributed by atoms with Crippen molar-refractivity contribution < 1.29 is 5.11 Å². The molecule has 0 fully saturated rings. The van der Waals surface area contributed by atoms with Crippen LogP contribution in [0.15, 0.2) is 30.3 Å². The number of benzene rings is 1. The van der Waals surface area contributed by atoms with E-state index in [0.29, 0.717) is 5.92 Å². The fraction of sp³-hybridized carbons (Fsp3) is 0.556. The Balaban J connectivity index is 0.000000711. The molecule has 0 saturated heterocycles. The molecule has 0 heterocycles. The molecule has 1 aromatic carbocycles. The molecule has 1 nitrogen and oxygen atoms in total. The van der Waals surface area contributed by atoms with Gasteiger partial charge in [-0.1, -0.05) is 78.0 Å². The van der Waals surface area contributed by atoms with Crippen molar-refractivity contribution in [3.8, 4) is 0 Å². The second-order valence-corrected chi connectivity index (χ2v) is 6.08. The first kappa shape index (κ1) is 17.9. The molecular formula is C18H30O. The third-order valence-corrected chi connectivity index (χ3v) is 2.48. The minimum atomic E-state index is 0.209. The van der Waals surface area contributed by atoms with Gasteiger partial charge in [0.2, 0.25) is 0 Å². The summed E-state index contributed by atoms with van der Waals surface area (Å²) in [5, 5.41) is 8.90. The van der Waals surface area contributed by atoms with Gasteiger partial charge in [0.25, 0.3) is 0 Å². The van der Waals surface area contributed by atoms with Crippen LogP contribution in [-0.4, -0.2) is 11.7 Å². The lowest BCUT2D eigenvalue weighted by Crippen LogP contribution is -1.94. The smallest absolute Gasteiger partial charge is 0.0491 e. The van der Waals surface area contributed by atoms with E-state index in [4.69, 9.17) is 5.11 Å². The van der Waals surface area contributed by atoms with Crippen LogP contribution < -0.4 is 0 Å². The zero-order chi connectivity index (χ0) is 14.8. The van der Waals surface area contributed by atoms with E-state index in [2.05, 4.69) is 65.0 Å². The van der Waals surface area contributed by atoms with Crippen LogP contribution in [0.5, 0.6) is 0 Å². The van der Waals surface area contributed by atoms with Gasteiger partial charge >= 0.3 is 0 Å². The fourth-order valence-electron chi connectivity index (χ4n) is 1.36. The Labute approximate surface area is 119 Å². The average molecular weight is 262 g/mol. The van der Waals surface area contributed by atoms with Crippen LogP contribution >= 0.6 is 0 Å². The van der Waals surface area contributed by atoms with Crippen molar-refractivity contribution in [1.82, 2.24) is 0 Å². The molecule has 0 radical (unpaired) electrons. The normalized spacial score (nSPS) is 12.7. The quantitative estimate of drug-likeness (QED) is 0.799. The van der Waals surface area contributed by atoms with Crippen LogP contribution in [0.4, 0.5) is 0 Å². The molecule has 19 heavy (non-hydrogen) atoms. The Kier molecular flexibility index (Phi) is 9.24. The number of rotatable bonds is 4. The van der Waals surface area contributed by atoms with Gasteiger partial charge in [0.05, 0.1) is 0 Å². The molecule has 1 heteroatoms. The average Bonchev–Trinajstić information content (AvgIpc) is 2.35. The Hall–Kier alpha value is -1.08. The van der Waals surface area contributed by atoms with Crippen molar-refractivity contribution in [2.75, 3.05) is 6.61 Å². The molecule has 0 aliphatic heterocycles. The van der Waals surface area contributed by atoms with E-state index in [0.717, 1.165) is 5.92 Å². The molecule has 0 aliphatic carbocycles. The number of hydrogen-bond donors (Lipinski definition) is 1. The largest absolute Gasteiger partial charge is 0.396 e. The molecule has 1 rings (SSSR count). The third kappa shape index (κ3) is 9.49. The van der Waals surface area contributed by atoms with Crippen LogP contribution in [-0.2, 0) is 0 Å². The van der Waals surface area contributed by atoms with Gasteiger partial charge in [-0.15, -0.1) is 0 Å². The van der Waals surface area contributed by atoms with Crippen molar-refractivity contribution in [2.24, 2.45) is 11.8 Å². The van der Waals surface area contributed by atoms with Gasteiger partial charge in [0.15, 0.2) is 0 Å². The zero-order valence-corrected chi connectivity index (χ0v) is 13.4. The molecule has 1 atom stereocenters. The summed E-state index contributed by atoms with van der Waals surface area (Å²) < 4.78 is 0. The van der Waals surface area contributed by atoms with Crippen molar-refractivity contribution in [3.05, 3.63) is 41.5 Å². The monoisotopic (exact) mass is 262 g/mol. The maximum atomic E-state index is 8.90. The molecule has 0 unspecified atom stereocenters. The van der Waals surface area contributed by atoms with Crippen molar-refractivity contribution >= 4 is 6.08 Å². The third-order valence-electron chi connectivity index (χ3n) is 2.48. The van der Waals surface area contributed by atoms with E-state index in [1.807, 2.05) is 13.0 Å². The molecule has 108 valence electrons. The summed E-state index contributed by atoms with van der Waals surface area (Å²) in [5.41, 5.74) is 2.57. The maximum absolute atomic E-state index is 8.90. The molecular weight excluding hydrogens is 232 g/mol. The number of aliphatic hydroxyl groups excluding tert-OH is 1. The number of hydrogen-bond acceptors (Lipinski definition) is 1. The van der Waals surface area contributed by atoms with Gasteiger partial charge in [-0.2, -0.15) is 0 Å². The second-order valence-electron chi connectivity index (χ2n) is 6.08. The SMILES string of the molecule is CC(C)C.CC(C)c1cccc(/C=C/[C@@H](C)CO)c1. The highest BCUT2D eigenvalue weighted by atomic mass is 16.3. The van der Waals surface area contributed by atoms with E-state index >= 15 is 0 Å². The van der Waals surface area contributed by atoms with E-state index in [9.17, 15) is 0 Å². The van der Waals surface area contributed by atoms with Gasteiger partial charge < -0.3 is 5.11 Å². The van der Waals surface area contributed by atoms with E-state index < -0.39 is 0 Å². The molecule has 1 aromatic rings. The van der Waals surface area contributed by atoms with Gasteiger partial charge in [-0.25, -0.2) is 0 Å². The summed E-state index contributed by atoms with van der Waals surface area (Å²) in [6, 6.07) is 8.52. The zero-order valence-electron chi connectivity index (χ0n) is 13.4. The summed E-state index contributed by atoms with van der Waals surface area (Å²) in [5.74, 6) is 1.63. The van der Waals surface area contributed by atoms with Gasteiger partial charge in [0, 0.05) is 6.61 Å². The second kappa shape index (κ2) is 9.80. The summed E-state index contributed by atoms with van der Waals surface area (Å²) in [6.07, 6.45) is 4.12. The van der Waals surface area contributed by atoms with Crippen molar-refractivity contribution in [2.45, 2.75) is 47.5 Å². The lowest BCUT2D eigenvalue weighted by molar-refractivity contribution is 0.262. The Morgan fingerprint density at radius 1 is 1.05 bits per heavy atom. The molecule has 0 spiro atoms. The van der Waals surface area contributed by atoms with E-state index in [-0.39, 0.29) is 12.5 Å². The lowest BCUT2D eigenvalue weighted by Gasteiger charge is -2.06. The Bertz CT molecular complexity index is 361. The highest BCUT2D eigenvalue weighted by Crippen LogP contribution is 2.16. The molecule has 0 aliphatic rings. The van der Waals surface area contributed by atoms with Gasteiger partial charge in [0.1, 0.15) is 0 Å². The molecule has 0 aromatic heterocycles. The highest BCUT2D eigenvalue weighted by molar-refractivity contribution is 5.50. The number of aliphatic hydroxyl groups is 1.